The third-order valence-corrected chi connectivity index (χ3v) is 4.17. The number of benzene rings is 1. The molecule has 1 aliphatic rings. The van der Waals surface area contributed by atoms with Crippen molar-refractivity contribution in [2.24, 2.45) is 5.73 Å². The Morgan fingerprint density at radius 2 is 2.14 bits per heavy atom. The number of aryl methyl sites for hydroxylation is 1. The first-order valence-electron chi connectivity index (χ1n) is 7.79. The Balaban J connectivity index is 2.11. The highest BCUT2D eigenvalue weighted by atomic mass is 16.5. The van der Waals surface area contributed by atoms with Gasteiger partial charge in [-0.15, -0.1) is 0 Å². The van der Waals surface area contributed by atoms with Crippen molar-refractivity contribution in [3.05, 3.63) is 35.4 Å². The Hall–Kier alpha value is -1.39. The van der Waals surface area contributed by atoms with Crippen molar-refractivity contribution in [2.75, 3.05) is 20.3 Å². The van der Waals surface area contributed by atoms with Gasteiger partial charge in [0, 0.05) is 19.7 Å². The van der Waals surface area contributed by atoms with Gasteiger partial charge in [0.15, 0.2) is 0 Å². The monoisotopic (exact) mass is 290 g/mol. The van der Waals surface area contributed by atoms with Crippen LogP contribution in [0.4, 0.5) is 0 Å². The van der Waals surface area contributed by atoms with Gasteiger partial charge in [-0.3, -0.25) is 4.79 Å². The summed E-state index contributed by atoms with van der Waals surface area (Å²) in [6.07, 6.45) is 3.93. The van der Waals surface area contributed by atoms with Crippen LogP contribution in [0.1, 0.15) is 30.9 Å². The van der Waals surface area contributed by atoms with Crippen molar-refractivity contribution in [2.45, 2.75) is 44.7 Å². The molecule has 0 heterocycles. The van der Waals surface area contributed by atoms with Crippen LogP contribution in [-0.4, -0.2) is 43.2 Å². The third kappa shape index (κ3) is 3.83. The van der Waals surface area contributed by atoms with Crippen LogP contribution in [-0.2, 0) is 22.4 Å². The molecule has 0 saturated heterocycles. The van der Waals surface area contributed by atoms with Crippen LogP contribution in [0.3, 0.4) is 0 Å². The van der Waals surface area contributed by atoms with Crippen molar-refractivity contribution in [1.82, 2.24) is 4.90 Å². The zero-order valence-electron chi connectivity index (χ0n) is 13.0. The van der Waals surface area contributed by atoms with E-state index in [0.29, 0.717) is 0 Å². The van der Waals surface area contributed by atoms with Crippen LogP contribution in [0.15, 0.2) is 24.3 Å². The number of hydrogen-bond donors (Lipinski definition) is 1. The molecule has 0 bridgehead atoms. The molecule has 1 aromatic carbocycles. The SMILES string of the molecule is CCCN(C(=O)C(N)COC)C1CCc2ccccc2C1. The quantitative estimate of drug-likeness (QED) is 0.868. The molecule has 0 radical (unpaired) electrons. The zero-order valence-corrected chi connectivity index (χ0v) is 13.0. The molecule has 21 heavy (non-hydrogen) atoms. The molecule has 2 unspecified atom stereocenters. The lowest BCUT2D eigenvalue weighted by Gasteiger charge is -2.36. The lowest BCUT2D eigenvalue weighted by atomic mass is 9.87. The number of carbonyl (C=O) groups excluding carboxylic acids is 1. The van der Waals surface area contributed by atoms with Gasteiger partial charge in [0.2, 0.25) is 5.91 Å². The predicted molar refractivity (Wildman–Crippen MR) is 84.1 cm³/mol. The Morgan fingerprint density at radius 3 is 2.81 bits per heavy atom. The molecule has 0 fully saturated rings. The van der Waals surface area contributed by atoms with Crippen molar-refractivity contribution < 1.29 is 9.53 Å². The smallest absolute Gasteiger partial charge is 0.242 e. The predicted octanol–water partition coefficient (Wildman–Crippen LogP) is 1.76. The summed E-state index contributed by atoms with van der Waals surface area (Å²) >= 11 is 0. The van der Waals surface area contributed by atoms with Crippen molar-refractivity contribution in [3.63, 3.8) is 0 Å². The summed E-state index contributed by atoms with van der Waals surface area (Å²) < 4.78 is 5.02. The van der Waals surface area contributed by atoms with E-state index in [-0.39, 0.29) is 18.6 Å². The Kier molecular flexibility index (Phi) is 5.76. The highest BCUT2D eigenvalue weighted by molar-refractivity contribution is 5.82. The van der Waals surface area contributed by atoms with Gasteiger partial charge in [-0.05, 0) is 36.8 Å². The van der Waals surface area contributed by atoms with Crippen LogP contribution in [0.25, 0.3) is 0 Å². The topological polar surface area (TPSA) is 55.6 Å². The second-order valence-corrected chi connectivity index (χ2v) is 5.76. The second kappa shape index (κ2) is 7.57. The minimum Gasteiger partial charge on any atom is -0.383 e. The average Bonchev–Trinajstić information content (AvgIpc) is 2.51. The van der Waals surface area contributed by atoms with Crippen molar-refractivity contribution in [1.29, 1.82) is 0 Å². The summed E-state index contributed by atoms with van der Waals surface area (Å²) in [4.78, 5) is 14.5. The highest BCUT2D eigenvalue weighted by Crippen LogP contribution is 2.25. The summed E-state index contributed by atoms with van der Waals surface area (Å²) in [6.45, 7) is 3.14. The molecule has 2 atom stereocenters. The first kappa shape index (κ1) is 16.0. The summed E-state index contributed by atoms with van der Waals surface area (Å²) in [5.74, 6) is 0.0167. The van der Waals surface area contributed by atoms with E-state index in [4.69, 9.17) is 10.5 Å². The molecule has 0 saturated carbocycles. The number of methoxy groups -OCH3 is 1. The third-order valence-electron chi connectivity index (χ3n) is 4.17. The van der Waals surface area contributed by atoms with Crippen LogP contribution in [0, 0.1) is 0 Å². The number of nitrogens with two attached hydrogens (primary N) is 1. The maximum Gasteiger partial charge on any atom is 0.242 e. The van der Waals surface area contributed by atoms with E-state index in [9.17, 15) is 4.79 Å². The lowest BCUT2D eigenvalue weighted by molar-refractivity contribution is -0.136. The van der Waals surface area contributed by atoms with E-state index in [1.165, 1.54) is 11.1 Å². The van der Waals surface area contributed by atoms with Gasteiger partial charge in [-0.25, -0.2) is 0 Å². The van der Waals surface area contributed by atoms with Crippen LogP contribution < -0.4 is 5.73 Å². The van der Waals surface area contributed by atoms with Gasteiger partial charge in [0.05, 0.1) is 6.61 Å². The summed E-state index contributed by atoms with van der Waals surface area (Å²) in [7, 11) is 1.58. The Labute approximate surface area is 127 Å². The van der Waals surface area contributed by atoms with Crippen LogP contribution in [0.5, 0.6) is 0 Å². The van der Waals surface area contributed by atoms with Gasteiger partial charge in [-0.2, -0.15) is 0 Å². The van der Waals surface area contributed by atoms with Crippen LogP contribution >= 0.6 is 0 Å². The van der Waals surface area contributed by atoms with Crippen molar-refractivity contribution >= 4 is 5.91 Å². The van der Waals surface area contributed by atoms with E-state index in [1.807, 2.05) is 4.90 Å². The number of fused-ring (bicyclic) bond motifs is 1. The zero-order chi connectivity index (χ0) is 15.2. The number of nitrogens with zero attached hydrogens (tertiary/aromatic N) is 1. The van der Waals surface area contributed by atoms with Gasteiger partial charge in [0.1, 0.15) is 6.04 Å². The van der Waals surface area contributed by atoms with Gasteiger partial charge in [-0.1, -0.05) is 31.2 Å². The maximum absolute atomic E-state index is 12.6. The van der Waals surface area contributed by atoms with E-state index >= 15 is 0 Å². The molecular formula is C17H26N2O2. The van der Waals surface area contributed by atoms with Gasteiger partial charge < -0.3 is 15.4 Å². The molecule has 116 valence electrons. The fourth-order valence-electron chi connectivity index (χ4n) is 3.12. The van der Waals surface area contributed by atoms with Crippen molar-refractivity contribution in [3.8, 4) is 0 Å². The molecule has 1 aromatic rings. The number of amides is 1. The molecule has 4 nitrogen and oxygen atoms in total. The maximum atomic E-state index is 12.6. The largest absolute Gasteiger partial charge is 0.383 e. The standard InChI is InChI=1S/C17H26N2O2/c1-3-10-19(17(20)16(18)12-21-2)15-9-8-13-6-4-5-7-14(13)11-15/h4-7,15-16H,3,8-12,18H2,1-2H3. The molecule has 1 amide bonds. The first-order chi connectivity index (χ1) is 10.2. The summed E-state index contributed by atoms with van der Waals surface area (Å²) in [6, 6.07) is 8.22. The Morgan fingerprint density at radius 1 is 1.43 bits per heavy atom. The number of carbonyl (C=O) groups is 1. The number of hydrogen-bond acceptors (Lipinski definition) is 3. The summed E-state index contributed by atoms with van der Waals surface area (Å²) in [5, 5.41) is 0. The first-order valence-corrected chi connectivity index (χ1v) is 7.79. The number of ether oxygens (including phenoxy) is 1. The van der Waals surface area contributed by atoms with Gasteiger partial charge in [0.25, 0.3) is 0 Å². The van der Waals surface area contributed by atoms with E-state index in [1.54, 1.807) is 7.11 Å². The lowest BCUT2D eigenvalue weighted by Crippen LogP contribution is -2.52. The molecule has 0 spiro atoms. The number of rotatable bonds is 6. The van der Waals surface area contributed by atoms with Crippen LogP contribution in [0.2, 0.25) is 0 Å². The molecule has 2 N–H and O–H groups in total. The minimum atomic E-state index is -0.557. The molecule has 1 aliphatic carbocycles. The molecule has 4 heteroatoms. The molecular weight excluding hydrogens is 264 g/mol. The van der Waals surface area contributed by atoms with E-state index in [2.05, 4.69) is 31.2 Å². The highest BCUT2D eigenvalue weighted by Gasteiger charge is 2.29. The molecule has 2 rings (SSSR count). The minimum absolute atomic E-state index is 0.0167. The fourth-order valence-corrected chi connectivity index (χ4v) is 3.12. The second-order valence-electron chi connectivity index (χ2n) is 5.76. The van der Waals surface area contributed by atoms with E-state index in [0.717, 1.165) is 32.2 Å². The Bertz CT molecular complexity index is 476. The average molecular weight is 290 g/mol. The summed E-state index contributed by atoms with van der Waals surface area (Å²) in [5.41, 5.74) is 8.72. The fraction of sp³-hybridized carbons (Fsp3) is 0.588. The molecule has 0 aromatic heterocycles. The molecule has 0 aliphatic heterocycles. The van der Waals surface area contributed by atoms with Gasteiger partial charge >= 0.3 is 0 Å². The normalized spacial score (nSPS) is 18.9. The van der Waals surface area contributed by atoms with E-state index < -0.39 is 6.04 Å².